The summed E-state index contributed by atoms with van der Waals surface area (Å²) in [7, 11) is 1.70. The normalized spacial score (nSPS) is 18.0. The Morgan fingerprint density at radius 3 is 2.70 bits per heavy atom. The maximum Gasteiger partial charge on any atom is 0.121 e. The molecule has 0 aliphatic heterocycles. The van der Waals surface area contributed by atoms with Crippen LogP contribution in [0.1, 0.15) is 51.8 Å². The van der Waals surface area contributed by atoms with E-state index in [1.165, 1.54) is 37.9 Å². The van der Waals surface area contributed by atoms with E-state index >= 15 is 0 Å². The number of hydrogen-bond acceptors (Lipinski definition) is 2. The third kappa shape index (κ3) is 2.30. The van der Waals surface area contributed by atoms with Crippen LogP contribution in [0.4, 0.5) is 0 Å². The maximum atomic E-state index is 5.30. The summed E-state index contributed by atoms with van der Waals surface area (Å²) in [6.45, 7) is 4.62. The lowest BCUT2D eigenvalue weighted by Gasteiger charge is -2.28. The first-order valence-corrected chi connectivity index (χ1v) is 7.67. The predicted octanol–water partition coefficient (Wildman–Crippen LogP) is 4.43. The van der Waals surface area contributed by atoms with Crippen molar-refractivity contribution in [2.45, 2.75) is 51.4 Å². The molecule has 1 aromatic carbocycles. The topological polar surface area (TPSA) is 37.9 Å². The molecule has 0 atom stereocenters. The lowest BCUT2D eigenvalue weighted by molar-refractivity contribution is 0.332. The fraction of sp³-hybridized carbons (Fsp3) is 0.588. The van der Waals surface area contributed by atoms with Crippen molar-refractivity contribution in [3.8, 4) is 5.75 Å². The number of methoxy groups -OCH3 is 1. The van der Waals surface area contributed by atoms with Crippen molar-refractivity contribution in [1.29, 1.82) is 0 Å². The van der Waals surface area contributed by atoms with Crippen LogP contribution < -0.4 is 4.74 Å². The summed E-state index contributed by atoms with van der Waals surface area (Å²) in [5.74, 6) is 2.78. The van der Waals surface area contributed by atoms with Crippen LogP contribution in [0.3, 0.4) is 0 Å². The summed E-state index contributed by atoms with van der Waals surface area (Å²) >= 11 is 0. The molecule has 1 aromatic heterocycles. The lowest BCUT2D eigenvalue weighted by Crippen LogP contribution is -2.25. The number of hydrogen-bond donors (Lipinski definition) is 1. The van der Waals surface area contributed by atoms with Crippen LogP contribution in [0.2, 0.25) is 0 Å². The lowest BCUT2D eigenvalue weighted by atomic mass is 9.78. The molecule has 0 amide bonds. The average molecular weight is 272 g/mol. The molecule has 3 heteroatoms. The van der Waals surface area contributed by atoms with Crippen molar-refractivity contribution in [3.63, 3.8) is 0 Å². The second-order valence-corrected chi connectivity index (χ2v) is 6.55. The Balaban J connectivity index is 2.02. The van der Waals surface area contributed by atoms with Gasteiger partial charge in [0.1, 0.15) is 11.6 Å². The number of benzene rings is 1. The smallest absolute Gasteiger partial charge is 0.121 e. The van der Waals surface area contributed by atoms with Gasteiger partial charge in [-0.1, -0.05) is 26.7 Å². The standard InChI is InChI=1S/C17H24N2O/c1-12(2)11-17(8-4-5-9-17)16-18-14-7-6-13(20-3)10-15(14)19-16/h6-7,10,12H,4-5,8-9,11H2,1-3H3,(H,18,19). The minimum atomic E-state index is 0.264. The van der Waals surface area contributed by atoms with Gasteiger partial charge in [-0.05, 0) is 37.3 Å². The van der Waals surface area contributed by atoms with E-state index in [1.54, 1.807) is 7.11 Å². The summed E-state index contributed by atoms with van der Waals surface area (Å²) in [5.41, 5.74) is 2.41. The Morgan fingerprint density at radius 2 is 2.05 bits per heavy atom. The summed E-state index contributed by atoms with van der Waals surface area (Å²) in [5, 5.41) is 0. The van der Waals surface area contributed by atoms with Crippen molar-refractivity contribution in [2.75, 3.05) is 7.11 Å². The van der Waals surface area contributed by atoms with Crippen LogP contribution in [-0.2, 0) is 5.41 Å². The highest BCUT2D eigenvalue weighted by Gasteiger charge is 2.38. The summed E-state index contributed by atoms with van der Waals surface area (Å²) in [6.07, 6.45) is 6.41. The largest absolute Gasteiger partial charge is 0.497 e. The molecule has 20 heavy (non-hydrogen) atoms. The van der Waals surface area contributed by atoms with Gasteiger partial charge in [-0.3, -0.25) is 0 Å². The molecule has 108 valence electrons. The van der Waals surface area contributed by atoms with Crippen LogP contribution in [0.15, 0.2) is 18.2 Å². The Bertz CT molecular complexity index is 594. The van der Waals surface area contributed by atoms with Gasteiger partial charge in [-0.15, -0.1) is 0 Å². The first kappa shape index (κ1) is 13.5. The molecule has 1 fully saturated rings. The van der Waals surface area contributed by atoms with Crippen molar-refractivity contribution in [1.82, 2.24) is 9.97 Å². The average Bonchev–Trinajstić information content (AvgIpc) is 3.03. The fourth-order valence-corrected chi connectivity index (χ4v) is 3.74. The number of ether oxygens (including phenoxy) is 1. The number of fused-ring (bicyclic) bond motifs is 1. The molecule has 0 spiro atoms. The van der Waals surface area contributed by atoms with Crippen LogP contribution in [0, 0.1) is 5.92 Å². The Morgan fingerprint density at radius 1 is 1.30 bits per heavy atom. The first-order valence-electron chi connectivity index (χ1n) is 7.67. The van der Waals surface area contributed by atoms with Crippen LogP contribution in [0.5, 0.6) is 5.75 Å². The van der Waals surface area contributed by atoms with Crippen LogP contribution >= 0.6 is 0 Å². The number of rotatable bonds is 4. The molecule has 1 N–H and O–H groups in total. The molecule has 1 saturated carbocycles. The van der Waals surface area contributed by atoms with Crippen molar-refractivity contribution < 1.29 is 4.74 Å². The van der Waals surface area contributed by atoms with E-state index in [9.17, 15) is 0 Å². The van der Waals surface area contributed by atoms with Gasteiger partial charge in [0.25, 0.3) is 0 Å². The molecule has 0 bridgehead atoms. The molecule has 0 radical (unpaired) electrons. The van der Waals surface area contributed by atoms with E-state index in [0.29, 0.717) is 5.92 Å². The van der Waals surface area contributed by atoms with Gasteiger partial charge < -0.3 is 9.72 Å². The third-order valence-electron chi connectivity index (χ3n) is 4.55. The minimum Gasteiger partial charge on any atom is -0.497 e. The predicted molar refractivity (Wildman–Crippen MR) is 82.2 cm³/mol. The number of nitrogens with one attached hydrogen (secondary N) is 1. The third-order valence-corrected chi connectivity index (χ3v) is 4.55. The zero-order valence-electron chi connectivity index (χ0n) is 12.7. The minimum absolute atomic E-state index is 0.264. The molecule has 0 unspecified atom stereocenters. The van der Waals surface area contributed by atoms with Crippen molar-refractivity contribution >= 4 is 11.0 Å². The highest BCUT2D eigenvalue weighted by molar-refractivity contribution is 5.77. The second-order valence-electron chi connectivity index (χ2n) is 6.55. The van der Waals surface area contributed by atoms with Crippen LogP contribution in [-0.4, -0.2) is 17.1 Å². The number of imidazole rings is 1. The van der Waals surface area contributed by atoms with Gasteiger partial charge in [0.05, 0.1) is 18.1 Å². The monoisotopic (exact) mass is 272 g/mol. The van der Waals surface area contributed by atoms with E-state index in [4.69, 9.17) is 9.72 Å². The van der Waals surface area contributed by atoms with Crippen molar-refractivity contribution in [2.24, 2.45) is 5.92 Å². The fourth-order valence-electron chi connectivity index (χ4n) is 3.74. The molecule has 1 aliphatic rings. The molecule has 1 heterocycles. The molecule has 2 aromatic rings. The Hall–Kier alpha value is -1.51. The van der Waals surface area contributed by atoms with Gasteiger partial charge in [0, 0.05) is 11.5 Å². The molecular formula is C17H24N2O. The highest BCUT2D eigenvalue weighted by atomic mass is 16.5. The molecular weight excluding hydrogens is 248 g/mol. The quantitative estimate of drug-likeness (QED) is 0.894. The van der Waals surface area contributed by atoms with Crippen LogP contribution in [0.25, 0.3) is 11.0 Å². The summed E-state index contributed by atoms with van der Waals surface area (Å²) in [6, 6.07) is 6.08. The van der Waals surface area contributed by atoms with Gasteiger partial charge in [-0.25, -0.2) is 4.98 Å². The zero-order valence-corrected chi connectivity index (χ0v) is 12.7. The van der Waals surface area contributed by atoms with Gasteiger partial charge >= 0.3 is 0 Å². The first-order chi connectivity index (χ1) is 9.63. The summed E-state index contributed by atoms with van der Waals surface area (Å²) in [4.78, 5) is 8.45. The molecule has 3 nitrogen and oxygen atoms in total. The highest BCUT2D eigenvalue weighted by Crippen LogP contribution is 2.44. The van der Waals surface area contributed by atoms with E-state index in [1.807, 2.05) is 18.2 Å². The number of aromatic amines is 1. The second kappa shape index (κ2) is 5.12. The Labute approximate surface area is 120 Å². The Kier molecular flexibility index (Phi) is 3.45. The summed E-state index contributed by atoms with van der Waals surface area (Å²) < 4.78 is 5.30. The van der Waals surface area contributed by atoms with Gasteiger partial charge in [0.2, 0.25) is 0 Å². The number of nitrogens with zero attached hydrogens (tertiary/aromatic N) is 1. The molecule has 1 aliphatic carbocycles. The van der Waals surface area contributed by atoms with E-state index in [0.717, 1.165) is 16.8 Å². The van der Waals surface area contributed by atoms with E-state index in [2.05, 4.69) is 18.8 Å². The van der Waals surface area contributed by atoms with Gasteiger partial charge in [0.15, 0.2) is 0 Å². The molecule has 0 saturated heterocycles. The van der Waals surface area contributed by atoms with Gasteiger partial charge in [-0.2, -0.15) is 0 Å². The van der Waals surface area contributed by atoms with E-state index in [-0.39, 0.29) is 5.41 Å². The van der Waals surface area contributed by atoms with Crippen molar-refractivity contribution in [3.05, 3.63) is 24.0 Å². The van der Waals surface area contributed by atoms with E-state index < -0.39 is 0 Å². The number of H-pyrrole nitrogens is 1. The number of aromatic nitrogens is 2. The molecule has 3 rings (SSSR count). The zero-order chi connectivity index (χ0) is 14.2. The SMILES string of the molecule is COc1ccc2nc(C3(CC(C)C)CCCC3)[nH]c2c1. The maximum absolute atomic E-state index is 5.30.